The summed E-state index contributed by atoms with van der Waals surface area (Å²) in [5.41, 5.74) is 4.91. The highest BCUT2D eigenvalue weighted by atomic mass is 16.5. The van der Waals surface area contributed by atoms with Gasteiger partial charge in [0.05, 0.1) is 0 Å². The summed E-state index contributed by atoms with van der Waals surface area (Å²) in [7, 11) is 0. The number of aryl methyl sites for hydroxylation is 1. The molecule has 0 atom stereocenters. The zero-order chi connectivity index (χ0) is 20.2. The van der Waals surface area contributed by atoms with Crippen LogP contribution in [0.15, 0.2) is 42.5 Å². The molecule has 0 radical (unpaired) electrons. The molecule has 0 N–H and O–H groups in total. The van der Waals surface area contributed by atoms with Crippen LogP contribution >= 0.6 is 0 Å². The topological polar surface area (TPSA) is 26.3 Å². The number of hydrogen-bond donors (Lipinski definition) is 0. The van der Waals surface area contributed by atoms with E-state index in [1.807, 2.05) is 31.2 Å². The van der Waals surface area contributed by atoms with Gasteiger partial charge in [-0.3, -0.25) is 4.79 Å². The third-order valence-electron chi connectivity index (χ3n) is 4.56. The molecule has 0 aliphatic carbocycles. The number of carbonyl (C=O) groups is 1. The second-order valence-electron chi connectivity index (χ2n) is 8.33. The maximum absolute atomic E-state index is 12.1. The van der Waals surface area contributed by atoms with Crippen LogP contribution in [-0.2, 0) is 0 Å². The number of carbonyl (C=O) groups excluding carboxylic acids is 1. The van der Waals surface area contributed by atoms with E-state index in [4.69, 9.17) is 4.74 Å². The average Bonchev–Trinajstić information content (AvgIpc) is 2.54. The Bertz CT molecular complexity index is 841. The Hall–Kier alpha value is -2.35. The summed E-state index contributed by atoms with van der Waals surface area (Å²) in [6, 6.07) is 12.2. The van der Waals surface area contributed by atoms with Gasteiger partial charge in [-0.2, -0.15) is 0 Å². The van der Waals surface area contributed by atoms with Crippen molar-refractivity contribution in [2.24, 2.45) is 5.92 Å². The van der Waals surface area contributed by atoms with Gasteiger partial charge in [-0.15, -0.1) is 0 Å². The van der Waals surface area contributed by atoms with Gasteiger partial charge < -0.3 is 4.74 Å². The Morgan fingerprint density at radius 3 is 2.37 bits per heavy atom. The summed E-state index contributed by atoms with van der Waals surface area (Å²) in [6.45, 7) is 14.3. The number of hydrogen-bond acceptors (Lipinski definition) is 2. The minimum Gasteiger partial charge on any atom is -0.488 e. The number of allylic oxidation sites excluding steroid dienone is 1. The van der Waals surface area contributed by atoms with E-state index in [2.05, 4.69) is 58.9 Å². The fourth-order valence-corrected chi connectivity index (χ4v) is 3.59. The molecular weight excluding hydrogens is 332 g/mol. The lowest BCUT2D eigenvalue weighted by molar-refractivity contribution is 0.0847. The summed E-state index contributed by atoms with van der Waals surface area (Å²) < 4.78 is 6.29. The Kier molecular flexibility index (Phi) is 6.64. The summed E-state index contributed by atoms with van der Waals surface area (Å²) in [6.07, 6.45) is 5.10. The van der Waals surface area contributed by atoms with Crippen molar-refractivity contribution in [1.29, 1.82) is 0 Å². The van der Waals surface area contributed by atoms with E-state index >= 15 is 0 Å². The number of rotatable bonds is 7. The van der Waals surface area contributed by atoms with Crippen molar-refractivity contribution in [3.8, 4) is 16.9 Å². The maximum atomic E-state index is 12.1. The first-order valence-corrected chi connectivity index (χ1v) is 9.70. The minimum atomic E-state index is -0.285. The van der Waals surface area contributed by atoms with Crippen LogP contribution in [0.5, 0.6) is 5.75 Å². The molecule has 0 unspecified atom stereocenters. The lowest BCUT2D eigenvalue weighted by Gasteiger charge is -2.28. The molecule has 0 aliphatic rings. The molecule has 0 heterocycles. The highest BCUT2D eigenvalue weighted by molar-refractivity contribution is 5.96. The molecule has 0 bridgehead atoms. The highest BCUT2D eigenvalue weighted by Crippen LogP contribution is 2.31. The van der Waals surface area contributed by atoms with Gasteiger partial charge in [-0.05, 0) is 87.4 Å². The van der Waals surface area contributed by atoms with Gasteiger partial charge >= 0.3 is 0 Å². The van der Waals surface area contributed by atoms with Crippen LogP contribution in [0, 0.1) is 12.8 Å². The van der Waals surface area contributed by atoms with Gasteiger partial charge in [-0.25, -0.2) is 0 Å². The molecule has 0 aliphatic heterocycles. The molecule has 2 aromatic rings. The minimum absolute atomic E-state index is 0.0469. The van der Waals surface area contributed by atoms with Crippen molar-refractivity contribution >= 4 is 11.9 Å². The fraction of sp³-hybridized carbons (Fsp3) is 0.400. The van der Waals surface area contributed by atoms with Crippen molar-refractivity contribution in [3.05, 3.63) is 59.2 Å². The van der Waals surface area contributed by atoms with Crippen LogP contribution in [0.1, 0.15) is 69.4 Å². The van der Waals surface area contributed by atoms with Gasteiger partial charge in [0.1, 0.15) is 11.4 Å². The van der Waals surface area contributed by atoms with Crippen molar-refractivity contribution in [2.75, 3.05) is 0 Å². The predicted molar refractivity (Wildman–Crippen MR) is 115 cm³/mol. The van der Waals surface area contributed by atoms with Crippen molar-refractivity contribution < 1.29 is 9.53 Å². The van der Waals surface area contributed by atoms with Crippen molar-refractivity contribution in [2.45, 2.75) is 60.5 Å². The molecule has 2 nitrogen and oxygen atoms in total. The Morgan fingerprint density at radius 2 is 1.81 bits per heavy atom. The van der Waals surface area contributed by atoms with Crippen LogP contribution in [0.3, 0.4) is 0 Å². The summed E-state index contributed by atoms with van der Waals surface area (Å²) >= 11 is 0. The Morgan fingerprint density at radius 1 is 1.11 bits per heavy atom. The SMILES string of the molecule is C/C=C\c1ccc(-c2cc(OC(C)(C)CC(C)C)cc(C(C)=O)c2)cc1C. The molecule has 0 spiro atoms. The highest BCUT2D eigenvalue weighted by Gasteiger charge is 2.22. The third kappa shape index (κ3) is 5.82. The average molecular weight is 365 g/mol. The van der Waals surface area contributed by atoms with Gasteiger partial charge in [0.25, 0.3) is 0 Å². The summed E-state index contributed by atoms with van der Waals surface area (Å²) in [5.74, 6) is 1.33. The normalized spacial score (nSPS) is 12.0. The lowest BCUT2D eigenvalue weighted by atomic mass is 9.95. The predicted octanol–water partition coefficient (Wildman–Crippen LogP) is 7.10. The zero-order valence-electron chi connectivity index (χ0n) is 17.7. The standard InChI is InChI=1S/C25H32O2/c1-8-9-20-10-11-21(12-18(20)4)23-13-22(19(5)26)14-24(15-23)27-25(6,7)16-17(2)3/h8-15,17H,16H2,1-7H3/b9-8-. The molecule has 0 amide bonds. The van der Waals surface area contributed by atoms with Crippen molar-refractivity contribution in [1.82, 2.24) is 0 Å². The Labute approximate surface area is 164 Å². The number of benzene rings is 2. The molecule has 27 heavy (non-hydrogen) atoms. The number of Topliss-reactive ketones (excluding diaryl/α,β-unsaturated/α-hetero) is 1. The molecular formula is C25H32O2. The van der Waals surface area contributed by atoms with E-state index < -0.39 is 0 Å². The Balaban J connectivity index is 2.46. The number of ketones is 1. The van der Waals surface area contributed by atoms with Crippen LogP contribution in [0.2, 0.25) is 0 Å². The molecule has 0 fully saturated rings. The molecule has 0 saturated heterocycles. The van der Waals surface area contributed by atoms with Crippen LogP contribution in [0.25, 0.3) is 17.2 Å². The molecule has 144 valence electrons. The molecule has 0 saturated carbocycles. The molecule has 2 rings (SSSR count). The maximum Gasteiger partial charge on any atom is 0.159 e. The van der Waals surface area contributed by atoms with Gasteiger partial charge in [-0.1, -0.05) is 44.2 Å². The second-order valence-corrected chi connectivity index (χ2v) is 8.33. The zero-order valence-corrected chi connectivity index (χ0v) is 17.7. The summed E-state index contributed by atoms with van der Waals surface area (Å²) in [4.78, 5) is 12.1. The van der Waals surface area contributed by atoms with E-state index in [-0.39, 0.29) is 11.4 Å². The second kappa shape index (κ2) is 8.56. The van der Waals surface area contributed by atoms with E-state index in [9.17, 15) is 4.79 Å². The smallest absolute Gasteiger partial charge is 0.159 e. The van der Waals surface area contributed by atoms with E-state index in [1.54, 1.807) is 6.92 Å². The number of ether oxygens (including phenoxy) is 1. The van der Waals surface area contributed by atoms with Gasteiger partial charge in [0, 0.05) is 5.56 Å². The lowest BCUT2D eigenvalue weighted by Crippen LogP contribution is -2.30. The van der Waals surface area contributed by atoms with Crippen molar-refractivity contribution in [3.63, 3.8) is 0 Å². The quantitative estimate of drug-likeness (QED) is 0.490. The fourth-order valence-electron chi connectivity index (χ4n) is 3.59. The largest absolute Gasteiger partial charge is 0.488 e. The first-order chi connectivity index (χ1) is 12.6. The molecule has 2 heteroatoms. The third-order valence-corrected chi connectivity index (χ3v) is 4.56. The van der Waals surface area contributed by atoms with Gasteiger partial charge in [0.2, 0.25) is 0 Å². The van der Waals surface area contributed by atoms with E-state index in [0.717, 1.165) is 23.3 Å². The molecule has 2 aromatic carbocycles. The van der Waals surface area contributed by atoms with Crippen LogP contribution in [0.4, 0.5) is 0 Å². The van der Waals surface area contributed by atoms with E-state index in [0.29, 0.717) is 11.5 Å². The first-order valence-electron chi connectivity index (χ1n) is 9.70. The van der Waals surface area contributed by atoms with Crippen LogP contribution in [-0.4, -0.2) is 11.4 Å². The van der Waals surface area contributed by atoms with Crippen LogP contribution < -0.4 is 4.74 Å². The monoisotopic (exact) mass is 364 g/mol. The van der Waals surface area contributed by atoms with E-state index in [1.165, 1.54) is 11.1 Å². The first kappa shape index (κ1) is 21.0. The molecule has 0 aromatic heterocycles. The summed E-state index contributed by atoms with van der Waals surface area (Å²) in [5, 5.41) is 0. The van der Waals surface area contributed by atoms with Gasteiger partial charge in [0.15, 0.2) is 5.78 Å².